The molecule has 2 aliphatic heterocycles. The first-order valence-electron chi connectivity index (χ1n) is 9.31. The molecule has 0 aromatic heterocycles. The Bertz CT molecular complexity index is 992. The summed E-state index contributed by atoms with van der Waals surface area (Å²) in [7, 11) is 0. The molecule has 2 heterocycles. The fourth-order valence-electron chi connectivity index (χ4n) is 2.77. The molecule has 1 aromatic rings. The van der Waals surface area contributed by atoms with Crippen molar-refractivity contribution in [3.05, 3.63) is 47.5 Å². The van der Waals surface area contributed by atoms with E-state index in [9.17, 15) is 28.8 Å². The molecule has 11 heteroatoms. The highest BCUT2D eigenvalue weighted by atomic mass is 16.7. The third-order valence-electron chi connectivity index (χ3n) is 4.53. The predicted molar refractivity (Wildman–Crippen MR) is 104 cm³/mol. The van der Waals surface area contributed by atoms with Gasteiger partial charge in [-0.3, -0.25) is 28.9 Å². The highest BCUT2D eigenvalue weighted by Gasteiger charge is 2.33. The van der Waals surface area contributed by atoms with Crippen LogP contribution in [0.4, 0.5) is 0 Å². The third-order valence-corrected chi connectivity index (χ3v) is 4.53. The van der Waals surface area contributed by atoms with Gasteiger partial charge in [0.2, 0.25) is 5.91 Å². The predicted octanol–water partition coefficient (Wildman–Crippen LogP) is 0.0627. The molecule has 11 nitrogen and oxygen atoms in total. The van der Waals surface area contributed by atoms with Crippen molar-refractivity contribution in [2.24, 2.45) is 5.10 Å². The van der Waals surface area contributed by atoms with E-state index in [4.69, 9.17) is 4.84 Å². The van der Waals surface area contributed by atoms with Crippen molar-refractivity contribution in [3.8, 4) is 0 Å². The molecule has 5 amide bonds. The van der Waals surface area contributed by atoms with Crippen LogP contribution in [-0.4, -0.2) is 57.7 Å². The third kappa shape index (κ3) is 5.07. The Morgan fingerprint density at radius 3 is 2.10 bits per heavy atom. The molecule has 1 saturated heterocycles. The number of nitrogens with one attached hydrogen (secondary N) is 1. The molecule has 160 valence electrons. The monoisotopic (exact) mass is 426 g/mol. The van der Waals surface area contributed by atoms with Crippen LogP contribution in [0.3, 0.4) is 0 Å². The number of carbonyl (C=O) groups excluding carboxylic acids is 6. The summed E-state index contributed by atoms with van der Waals surface area (Å²) in [6.45, 7) is 1.58. The van der Waals surface area contributed by atoms with Crippen LogP contribution in [0.2, 0.25) is 0 Å². The van der Waals surface area contributed by atoms with Gasteiger partial charge in [-0.25, -0.2) is 10.2 Å². The molecule has 0 radical (unpaired) electrons. The summed E-state index contributed by atoms with van der Waals surface area (Å²) >= 11 is 0. The van der Waals surface area contributed by atoms with Gasteiger partial charge in [0.1, 0.15) is 0 Å². The van der Waals surface area contributed by atoms with Gasteiger partial charge in [0.05, 0.1) is 11.3 Å². The molecular weight excluding hydrogens is 408 g/mol. The van der Waals surface area contributed by atoms with Crippen molar-refractivity contribution in [1.29, 1.82) is 0 Å². The van der Waals surface area contributed by atoms with Gasteiger partial charge in [-0.1, -0.05) is 12.1 Å². The molecule has 0 aliphatic carbocycles. The SMILES string of the molecule is C/C(=N\NC(=O)CCN1C(=O)C=CC1=O)c1ccc(C(=O)ON2C(=O)CCC2=O)cc1. The van der Waals surface area contributed by atoms with Crippen molar-refractivity contribution in [2.75, 3.05) is 6.54 Å². The van der Waals surface area contributed by atoms with Gasteiger partial charge in [-0.05, 0) is 24.6 Å². The van der Waals surface area contributed by atoms with Gasteiger partial charge in [-0.2, -0.15) is 5.10 Å². The Balaban J connectivity index is 1.52. The van der Waals surface area contributed by atoms with E-state index >= 15 is 0 Å². The fourth-order valence-corrected chi connectivity index (χ4v) is 2.77. The molecule has 0 unspecified atom stereocenters. The lowest BCUT2D eigenvalue weighted by molar-refractivity contribution is -0.172. The van der Waals surface area contributed by atoms with Crippen LogP contribution in [0.25, 0.3) is 0 Å². The van der Waals surface area contributed by atoms with E-state index in [1.165, 1.54) is 12.1 Å². The molecule has 1 N–H and O–H groups in total. The zero-order valence-corrected chi connectivity index (χ0v) is 16.5. The minimum Gasteiger partial charge on any atom is -0.325 e. The number of nitrogens with zero attached hydrogens (tertiary/aromatic N) is 3. The van der Waals surface area contributed by atoms with Crippen molar-refractivity contribution < 1.29 is 33.6 Å². The molecule has 0 atom stereocenters. The Morgan fingerprint density at radius 2 is 1.52 bits per heavy atom. The van der Waals surface area contributed by atoms with Crippen LogP contribution in [0.1, 0.15) is 42.1 Å². The molecule has 1 fully saturated rings. The summed E-state index contributed by atoms with van der Waals surface area (Å²) in [6.07, 6.45) is 2.20. The van der Waals surface area contributed by atoms with Crippen molar-refractivity contribution in [3.63, 3.8) is 0 Å². The average Bonchev–Trinajstić information content (AvgIpc) is 3.25. The summed E-state index contributed by atoms with van der Waals surface area (Å²) < 4.78 is 0. The number of benzene rings is 1. The minimum atomic E-state index is -0.849. The molecule has 0 spiro atoms. The number of hydrogen-bond acceptors (Lipinski definition) is 8. The first-order valence-corrected chi connectivity index (χ1v) is 9.31. The van der Waals surface area contributed by atoms with Crippen LogP contribution in [0.15, 0.2) is 41.5 Å². The summed E-state index contributed by atoms with van der Waals surface area (Å²) in [6, 6.07) is 5.98. The van der Waals surface area contributed by atoms with Gasteiger partial charge in [0.15, 0.2) is 0 Å². The highest BCUT2D eigenvalue weighted by molar-refractivity contribution is 6.13. The maximum atomic E-state index is 12.1. The molecular formula is C20H18N4O7. The van der Waals surface area contributed by atoms with Crippen LogP contribution in [0.5, 0.6) is 0 Å². The summed E-state index contributed by atoms with van der Waals surface area (Å²) in [4.78, 5) is 75.7. The molecule has 31 heavy (non-hydrogen) atoms. The molecule has 3 rings (SSSR count). The van der Waals surface area contributed by atoms with Gasteiger partial charge in [0, 0.05) is 38.0 Å². The smallest absolute Gasteiger partial charge is 0.325 e. The van der Waals surface area contributed by atoms with Gasteiger partial charge >= 0.3 is 5.97 Å². The van der Waals surface area contributed by atoms with Crippen molar-refractivity contribution in [1.82, 2.24) is 15.4 Å². The Hall–Kier alpha value is -4.15. The van der Waals surface area contributed by atoms with Gasteiger partial charge in [0.25, 0.3) is 23.6 Å². The van der Waals surface area contributed by atoms with Gasteiger partial charge in [-0.15, -0.1) is 5.06 Å². The quantitative estimate of drug-likeness (QED) is 0.369. The number of carbonyl (C=O) groups is 6. The number of imide groups is 2. The largest absolute Gasteiger partial charge is 0.363 e. The number of hydroxylamine groups is 2. The van der Waals surface area contributed by atoms with E-state index in [0.717, 1.165) is 17.1 Å². The first kappa shape index (κ1) is 21.6. The molecule has 0 saturated carbocycles. The average molecular weight is 426 g/mol. The van der Waals surface area contributed by atoms with E-state index < -0.39 is 35.5 Å². The van der Waals surface area contributed by atoms with Crippen LogP contribution < -0.4 is 5.43 Å². The second-order valence-corrected chi connectivity index (χ2v) is 6.68. The van der Waals surface area contributed by atoms with E-state index in [-0.39, 0.29) is 31.4 Å². The number of amides is 5. The van der Waals surface area contributed by atoms with Crippen molar-refractivity contribution >= 4 is 41.2 Å². The first-order chi connectivity index (χ1) is 14.8. The normalized spacial score (nSPS) is 16.4. The van der Waals surface area contributed by atoms with E-state index in [1.54, 1.807) is 19.1 Å². The minimum absolute atomic E-state index is 0.00790. The van der Waals surface area contributed by atoms with Crippen molar-refractivity contribution in [2.45, 2.75) is 26.2 Å². The lowest BCUT2D eigenvalue weighted by atomic mass is 10.1. The highest BCUT2D eigenvalue weighted by Crippen LogP contribution is 2.15. The van der Waals surface area contributed by atoms with E-state index in [1.807, 2.05) is 0 Å². The van der Waals surface area contributed by atoms with Crippen LogP contribution >= 0.6 is 0 Å². The Kier molecular flexibility index (Phi) is 6.34. The topological polar surface area (TPSA) is 143 Å². The maximum absolute atomic E-state index is 12.1. The Labute approximate surface area is 176 Å². The number of hydrogen-bond donors (Lipinski definition) is 1. The van der Waals surface area contributed by atoms with E-state index in [2.05, 4.69) is 10.5 Å². The zero-order valence-electron chi connectivity index (χ0n) is 16.5. The second kappa shape index (κ2) is 9.11. The standard InChI is InChI=1S/C20H18N4O7/c1-12(21-22-15(25)10-11-23-16(26)6-7-17(23)27)13-2-4-14(5-3-13)20(30)31-24-18(28)8-9-19(24)29/h2-7H,8-11H2,1H3,(H,22,25)/b21-12+. The van der Waals surface area contributed by atoms with Crippen LogP contribution in [0, 0.1) is 0 Å². The number of rotatable bonds is 7. The Morgan fingerprint density at radius 1 is 0.968 bits per heavy atom. The lowest BCUT2D eigenvalue weighted by Gasteiger charge is -2.13. The lowest BCUT2D eigenvalue weighted by Crippen LogP contribution is -2.33. The van der Waals surface area contributed by atoms with Gasteiger partial charge < -0.3 is 4.84 Å². The summed E-state index contributed by atoms with van der Waals surface area (Å²) in [5.74, 6) is -3.39. The summed E-state index contributed by atoms with van der Waals surface area (Å²) in [5, 5.41) is 4.42. The second-order valence-electron chi connectivity index (χ2n) is 6.68. The van der Waals surface area contributed by atoms with E-state index in [0.29, 0.717) is 16.3 Å². The number of hydrazone groups is 1. The molecule has 0 bridgehead atoms. The summed E-state index contributed by atoms with van der Waals surface area (Å²) in [5.41, 5.74) is 3.50. The maximum Gasteiger partial charge on any atom is 0.363 e. The molecule has 1 aromatic carbocycles. The van der Waals surface area contributed by atoms with Crippen LogP contribution in [-0.2, 0) is 28.8 Å². The zero-order chi connectivity index (χ0) is 22.5. The molecule has 2 aliphatic rings. The fraction of sp³-hybridized carbons (Fsp3) is 0.250.